The van der Waals surface area contributed by atoms with Crippen LogP contribution in [0.3, 0.4) is 0 Å². The second-order valence-electron chi connectivity index (χ2n) is 6.18. The third-order valence-electron chi connectivity index (χ3n) is 4.67. The predicted octanol–water partition coefficient (Wildman–Crippen LogP) is 2.46. The number of anilines is 1. The summed E-state index contributed by atoms with van der Waals surface area (Å²) in [6, 6.07) is 3.36. The summed E-state index contributed by atoms with van der Waals surface area (Å²) in [7, 11) is -0.763. The van der Waals surface area contributed by atoms with Gasteiger partial charge in [-0.3, -0.25) is 4.31 Å². The van der Waals surface area contributed by atoms with E-state index < -0.39 is 20.9 Å². The number of carbonyl (C=O) groups excluding carboxylic acids is 1. The van der Waals surface area contributed by atoms with E-state index in [4.69, 9.17) is 4.74 Å². The second-order valence-corrected chi connectivity index (χ2v) is 8.68. The van der Waals surface area contributed by atoms with Gasteiger partial charge < -0.3 is 9.30 Å². The number of rotatable bonds is 2. The SMILES string of the molecule is CCc1cn2c3c(cc(C(=O)OC)cc13)N(C)S(=O)(=O)C2(C)C. The average molecular weight is 336 g/mol. The van der Waals surface area contributed by atoms with E-state index in [2.05, 4.69) is 0 Å². The highest BCUT2D eigenvalue weighted by molar-refractivity contribution is 7.93. The maximum atomic E-state index is 12.9. The lowest BCUT2D eigenvalue weighted by Crippen LogP contribution is -2.47. The second kappa shape index (κ2) is 4.74. The van der Waals surface area contributed by atoms with Gasteiger partial charge in [-0.15, -0.1) is 0 Å². The Balaban J connectivity index is 2.49. The highest BCUT2D eigenvalue weighted by Gasteiger charge is 2.45. The minimum atomic E-state index is -3.60. The molecule has 0 amide bonds. The predicted molar refractivity (Wildman–Crippen MR) is 89.3 cm³/mol. The number of methoxy groups -OCH3 is 1. The molecule has 0 bridgehead atoms. The normalized spacial score (nSPS) is 18.2. The molecule has 124 valence electrons. The van der Waals surface area contributed by atoms with Crippen molar-refractivity contribution in [3.05, 3.63) is 29.5 Å². The van der Waals surface area contributed by atoms with E-state index in [9.17, 15) is 13.2 Å². The number of aromatic nitrogens is 1. The Morgan fingerprint density at radius 3 is 2.52 bits per heavy atom. The van der Waals surface area contributed by atoms with Crippen LogP contribution in [0.1, 0.15) is 36.7 Å². The van der Waals surface area contributed by atoms with Gasteiger partial charge in [-0.2, -0.15) is 0 Å². The smallest absolute Gasteiger partial charge is 0.337 e. The number of benzene rings is 1. The molecule has 7 heteroatoms. The number of esters is 1. The molecule has 2 heterocycles. The van der Waals surface area contributed by atoms with Crippen molar-refractivity contribution in [2.75, 3.05) is 18.5 Å². The van der Waals surface area contributed by atoms with Crippen LogP contribution in [0.5, 0.6) is 0 Å². The van der Waals surface area contributed by atoms with E-state index in [1.54, 1.807) is 30.5 Å². The zero-order chi connectivity index (χ0) is 17.2. The van der Waals surface area contributed by atoms with Crippen molar-refractivity contribution in [2.45, 2.75) is 32.1 Å². The van der Waals surface area contributed by atoms with E-state index in [1.807, 2.05) is 13.1 Å². The number of hydrogen-bond acceptors (Lipinski definition) is 4. The molecule has 0 saturated heterocycles. The molecule has 0 N–H and O–H groups in total. The lowest BCUT2D eigenvalue weighted by molar-refractivity contribution is 0.0601. The zero-order valence-electron chi connectivity index (χ0n) is 13.9. The Morgan fingerprint density at radius 2 is 1.96 bits per heavy atom. The van der Waals surface area contributed by atoms with Gasteiger partial charge in [-0.1, -0.05) is 6.92 Å². The number of aryl methyl sites for hydroxylation is 1. The summed E-state index contributed by atoms with van der Waals surface area (Å²) in [6.07, 6.45) is 2.62. The summed E-state index contributed by atoms with van der Waals surface area (Å²) in [4.78, 5) is 10.9. The van der Waals surface area contributed by atoms with Crippen LogP contribution < -0.4 is 4.31 Å². The number of sulfonamides is 1. The molecular formula is C16H20N2O4S. The van der Waals surface area contributed by atoms with Crippen molar-refractivity contribution >= 4 is 32.6 Å². The van der Waals surface area contributed by atoms with Crippen molar-refractivity contribution in [1.82, 2.24) is 4.57 Å². The van der Waals surface area contributed by atoms with Gasteiger partial charge in [0.05, 0.1) is 23.9 Å². The van der Waals surface area contributed by atoms with Crippen molar-refractivity contribution in [2.24, 2.45) is 0 Å². The fourth-order valence-electron chi connectivity index (χ4n) is 3.18. The first-order valence-corrected chi connectivity index (χ1v) is 8.86. The molecule has 23 heavy (non-hydrogen) atoms. The first-order valence-electron chi connectivity index (χ1n) is 7.42. The van der Waals surface area contributed by atoms with Gasteiger partial charge in [-0.05, 0) is 38.0 Å². The maximum absolute atomic E-state index is 12.9. The van der Waals surface area contributed by atoms with Gasteiger partial charge in [0.15, 0.2) is 4.87 Å². The molecule has 2 aromatic rings. The lowest BCUT2D eigenvalue weighted by Gasteiger charge is -2.38. The van der Waals surface area contributed by atoms with Gasteiger partial charge in [0, 0.05) is 18.6 Å². The highest BCUT2D eigenvalue weighted by Crippen LogP contribution is 2.44. The molecule has 6 nitrogen and oxygen atoms in total. The molecule has 1 aromatic heterocycles. The third kappa shape index (κ3) is 1.86. The van der Waals surface area contributed by atoms with Crippen LogP contribution in [-0.4, -0.2) is 33.1 Å². The zero-order valence-corrected chi connectivity index (χ0v) is 14.7. The van der Waals surface area contributed by atoms with Crippen LogP contribution in [0.4, 0.5) is 5.69 Å². The van der Waals surface area contributed by atoms with Gasteiger partial charge in [0.1, 0.15) is 0 Å². The summed E-state index contributed by atoms with van der Waals surface area (Å²) in [5, 5.41) is 0.889. The largest absolute Gasteiger partial charge is 0.465 e. The van der Waals surface area contributed by atoms with Crippen molar-refractivity contribution in [3.8, 4) is 0 Å². The van der Waals surface area contributed by atoms with E-state index in [0.29, 0.717) is 11.3 Å². The summed E-state index contributed by atoms with van der Waals surface area (Å²) in [5.41, 5.74) is 2.69. The molecule has 0 fully saturated rings. The van der Waals surface area contributed by atoms with Crippen LogP contribution in [0.15, 0.2) is 18.3 Å². The molecule has 0 atom stereocenters. The van der Waals surface area contributed by atoms with Crippen LogP contribution >= 0.6 is 0 Å². The van der Waals surface area contributed by atoms with Gasteiger partial charge >= 0.3 is 5.97 Å². The van der Waals surface area contributed by atoms with E-state index in [0.717, 1.165) is 22.9 Å². The van der Waals surface area contributed by atoms with E-state index >= 15 is 0 Å². The molecule has 0 radical (unpaired) electrons. The number of nitrogens with zero attached hydrogens (tertiary/aromatic N) is 2. The van der Waals surface area contributed by atoms with E-state index in [-0.39, 0.29) is 0 Å². The topological polar surface area (TPSA) is 68.6 Å². The van der Waals surface area contributed by atoms with Crippen molar-refractivity contribution in [3.63, 3.8) is 0 Å². The van der Waals surface area contributed by atoms with Crippen LogP contribution in [0.2, 0.25) is 0 Å². The number of carbonyl (C=O) groups is 1. The monoisotopic (exact) mass is 336 g/mol. The minimum Gasteiger partial charge on any atom is -0.465 e. The van der Waals surface area contributed by atoms with Gasteiger partial charge in [0.25, 0.3) is 10.0 Å². The Kier molecular flexibility index (Phi) is 3.27. The molecule has 0 spiro atoms. The molecule has 0 saturated carbocycles. The standard InChI is InChI=1S/C16H20N2O4S/c1-6-10-9-18-14-12(10)7-11(15(19)22-5)8-13(14)17(4)23(20,21)16(18,2)3/h7-9H,6H2,1-5H3. The quantitative estimate of drug-likeness (QED) is 0.790. The van der Waals surface area contributed by atoms with Crippen LogP contribution in [-0.2, 0) is 26.1 Å². The lowest BCUT2D eigenvalue weighted by atomic mass is 10.1. The minimum absolute atomic E-state index is 0.351. The molecule has 1 aromatic carbocycles. The fourth-order valence-corrected chi connectivity index (χ4v) is 4.64. The van der Waals surface area contributed by atoms with Crippen LogP contribution in [0.25, 0.3) is 10.9 Å². The van der Waals surface area contributed by atoms with Gasteiger partial charge in [0.2, 0.25) is 0 Å². The summed E-state index contributed by atoms with van der Waals surface area (Å²) in [6.45, 7) is 5.39. The first-order chi connectivity index (χ1) is 10.7. The highest BCUT2D eigenvalue weighted by atomic mass is 32.2. The van der Waals surface area contributed by atoms with Crippen molar-refractivity contribution in [1.29, 1.82) is 0 Å². The Hall–Kier alpha value is -2.02. The Morgan fingerprint density at radius 1 is 1.30 bits per heavy atom. The fraction of sp³-hybridized carbons (Fsp3) is 0.438. The Bertz CT molecular complexity index is 925. The Labute approximate surface area is 135 Å². The van der Waals surface area contributed by atoms with Gasteiger partial charge in [-0.25, -0.2) is 13.2 Å². The van der Waals surface area contributed by atoms with Crippen LogP contribution in [0, 0.1) is 0 Å². The molecule has 0 unspecified atom stereocenters. The summed E-state index contributed by atoms with van der Waals surface area (Å²) in [5.74, 6) is -0.478. The molecule has 3 rings (SSSR count). The third-order valence-corrected chi connectivity index (χ3v) is 7.05. The van der Waals surface area contributed by atoms with E-state index in [1.165, 1.54) is 18.5 Å². The average Bonchev–Trinajstić information content (AvgIpc) is 2.90. The molecular weight excluding hydrogens is 316 g/mol. The first kappa shape index (κ1) is 15.9. The number of ether oxygens (including phenoxy) is 1. The maximum Gasteiger partial charge on any atom is 0.337 e. The number of hydrogen-bond donors (Lipinski definition) is 0. The molecule has 0 aliphatic carbocycles. The summed E-state index contributed by atoms with van der Waals surface area (Å²) < 4.78 is 33.6. The molecule has 1 aliphatic heterocycles. The molecule has 1 aliphatic rings. The van der Waals surface area contributed by atoms with Crippen molar-refractivity contribution < 1.29 is 17.9 Å². The summed E-state index contributed by atoms with van der Waals surface area (Å²) >= 11 is 0.